The fourth-order valence-electron chi connectivity index (χ4n) is 4.05. The summed E-state index contributed by atoms with van der Waals surface area (Å²) in [5.41, 5.74) is 1.23. The third kappa shape index (κ3) is 4.79. The number of esters is 1. The molecule has 1 N–H and O–H groups in total. The zero-order valence-electron chi connectivity index (χ0n) is 20.7. The predicted octanol–water partition coefficient (Wildman–Crippen LogP) is 5.05. The molecule has 1 aromatic carbocycles. The van der Waals surface area contributed by atoms with E-state index < -0.39 is 29.5 Å². The lowest BCUT2D eigenvalue weighted by atomic mass is 9.94. The van der Waals surface area contributed by atoms with Crippen LogP contribution in [0.5, 0.6) is 5.75 Å². The monoisotopic (exact) mass is 539 g/mol. The van der Waals surface area contributed by atoms with Crippen LogP contribution in [0.15, 0.2) is 48.3 Å². The predicted molar refractivity (Wildman–Crippen MR) is 141 cm³/mol. The highest BCUT2D eigenvalue weighted by Gasteiger charge is 2.47. The highest BCUT2D eigenvalue weighted by atomic mass is 32.1. The molecule has 1 aliphatic heterocycles. The molecule has 1 atom stereocenters. The normalized spacial score (nSPS) is 15.3. The lowest BCUT2D eigenvalue weighted by molar-refractivity contribution is -0.117. The molecule has 2 aromatic heterocycles. The number of rotatable bonds is 9. The van der Waals surface area contributed by atoms with Crippen molar-refractivity contribution in [2.75, 3.05) is 18.1 Å². The number of para-hydroxylation sites is 1. The highest BCUT2D eigenvalue weighted by molar-refractivity contribution is 7.17. The Morgan fingerprint density at radius 1 is 1.14 bits per heavy atom. The standard InChI is InChI=1S/C26H25N3O6S2/c1-6-12-35-17-11-9-8-10-16(17)19-18(20(30)22-13(3)27-15(5)36-22)21(31)24(32)29(19)26-28-14(4)23(37-26)25(33)34-7-2/h6,8-11,19,31H,1,7,12H2,2-5H3. The number of anilines is 1. The summed E-state index contributed by atoms with van der Waals surface area (Å²) >= 11 is 2.14. The summed E-state index contributed by atoms with van der Waals surface area (Å²) in [5.74, 6) is -2.18. The van der Waals surface area contributed by atoms with Gasteiger partial charge in [0.1, 0.15) is 23.3 Å². The van der Waals surface area contributed by atoms with Gasteiger partial charge in [-0.2, -0.15) is 0 Å². The fourth-order valence-corrected chi connectivity index (χ4v) is 5.91. The lowest BCUT2D eigenvalue weighted by Gasteiger charge is -2.26. The van der Waals surface area contributed by atoms with Crippen LogP contribution in [0.2, 0.25) is 0 Å². The SMILES string of the molecule is C=CCOc1ccccc1C1C(C(=O)c2sc(C)nc2C)=C(O)C(=O)N1c1nc(C)c(C(=O)OCC)s1. The number of nitrogens with zero attached hydrogens (tertiary/aromatic N) is 3. The zero-order chi connectivity index (χ0) is 26.9. The van der Waals surface area contributed by atoms with Crippen molar-refractivity contribution in [2.45, 2.75) is 33.7 Å². The molecule has 3 heterocycles. The van der Waals surface area contributed by atoms with Gasteiger partial charge >= 0.3 is 5.97 Å². The van der Waals surface area contributed by atoms with Crippen molar-refractivity contribution in [2.24, 2.45) is 0 Å². The Morgan fingerprint density at radius 3 is 2.49 bits per heavy atom. The molecule has 0 spiro atoms. The van der Waals surface area contributed by atoms with Gasteiger partial charge < -0.3 is 14.6 Å². The lowest BCUT2D eigenvalue weighted by Crippen LogP contribution is -2.31. The number of aliphatic hydroxyl groups excluding tert-OH is 1. The second-order valence-electron chi connectivity index (χ2n) is 8.09. The quantitative estimate of drug-likeness (QED) is 0.228. The number of hydrogen-bond acceptors (Lipinski definition) is 10. The number of ketones is 1. The molecular weight excluding hydrogens is 514 g/mol. The van der Waals surface area contributed by atoms with Gasteiger partial charge in [0.2, 0.25) is 5.78 Å². The van der Waals surface area contributed by atoms with Gasteiger partial charge in [-0.1, -0.05) is 42.2 Å². The Kier molecular flexibility index (Phi) is 7.55. The van der Waals surface area contributed by atoms with Crippen LogP contribution in [0.1, 0.15) is 54.3 Å². The number of aromatic nitrogens is 2. The first-order valence-electron chi connectivity index (χ1n) is 11.4. The summed E-state index contributed by atoms with van der Waals surface area (Å²) in [7, 11) is 0. The number of aliphatic hydroxyl groups is 1. The molecule has 0 radical (unpaired) electrons. The average Bonchev–Trinajstić information content (AvgIpc) is 3.50. The minimum Gasteiger partial charge on any atom is -0.503 e. The fraction of sp³-hybridized carbons (Fsp3) is 0.269. The first kappa shape index (κ1) is 26.2. The number of ether oxygens (including phenoxy) is 2. The first-order chi connectivity index (χ1) is 17.7. The molecule has 1 aliphatic rings. The van der Waals surface area contributed by atoms with E-state index in [0.29, 0.717) is 32.6 Å². The van der Waals surface area contributed by atoms with E-state index in [1.54, 1.807) is 58.0 Å². The maximum absolute atomic E-state index is 13.8. The van der Waals surface area contributed by atoms with E-state index in [4.69, 9.17) is 9.47 Å². The molecule has 9 nitrogen and oxygen atoms in total. The number of carbonyl (C=O) groups excluding carboxylic acids is 3. The molecule has 11 heteroatoms. The van der Waals surface area contributed by atoms with E-state index in [0.717, 1.165) is 11.3 Å². The van der Waals surface area contributed by atoms with E-state index in [2.05, 4.69) is 16.5 Å². The van der Waals surface area contributed by atoms with Crippen molar-refractivity contribution in [3.63, 3.8) is 0 Å². The van der Waals surface area contributed by atoms with Gasteiger partial charge in [-0.3, -0.25) is 14.5 Å². The molecule has 1 amide bonds. The summed E-state index contributed by atoms with van der Waals surface area (Å²) in [6, 6.07) is 5.86. The minimum absolute atomic E-state index is 0.114. The van der Waals surface area contributed by atoms with Crippen LogP contribution in [-0.4, -0.2) is 45.9 Å². The first-order valence-corrected chi connectivity index (χ1v) is 13.0. The largest absolute Gasteiger partial charge is 0.503 e. The van der Waals surface area contributed by atoms with Crippen LogP contribution >= 0.6 is 22.7 Å². The Morgan fingerprint density at radius 2 is 1.84 bits per heavy atom. The van der Waals surface area contributed by atoms with Crippen molar-refractivity contribution in [3.8, 4) is 5.75 Å². The summed E-state index contributed by atoms with van der Waals surface area (Å²) in [6.45, 7) is 10.8. The molecule has 0 fully saturated rings. The second-order valence-corrected chi connectivity index (χ2v) is 10.3. The number of carbonyl (C=O) groups is 3. The number of amides is 1. The van der Waals surface area contributed by atoms with Gasteiger partial charge in [-0.05, 0) is 33.8 Å². The molecule has 192 valence electrons. The third-order valence-corrected chi connectivity index (χ3v) is 7.79. The topological polar surface area (TPSA) is 119 Å². The van der Waals surface area contributed by atoms with Gasteiger partial charge in [0.15, 0.2) is 10.9 Å². The van der Waals surface area contributed by atoms with Crippen molar-refractivity contribution >= 4 is 45.5 Å². The minimum atomic E-state index is -1.07. The van der Waals surface area contributed by atoms with E-state index >= 15 is 0 Å². The number of hydrogen-bond donors (Lipinski definition) is 1. The number of aryl methyl sites for hydroxylation is 3. The second kappa shape index (κ2) is 10.7. The number of thiazole rings is 2. The smallest absolute Gasteiger partial charge is 0.350 e. The molecule has 37 heavy (non-hydrogen) atoms. The van der Waals surface area contributed by atoms with Crippen LogP contribution in [0.4, 0.5) is 5.13 Å². The van der Waals surface area contributed by atoms with Crippen molar-refractivity contribution in [1.29, 1.82) is 0 Å². The van der Waals surface area contributed by atoms with Gasteiger partial charge in [-0.25, -0.2) is 14.8 Å². The zero-order valence-corrected chi connectivity index (χ0v) is 22.4. The van der Waals surface area contributed by atoms with Crippen LogP contribution in [0.25, 0.3) is 0 Å². The molecule has 4 rings (SSSR count). The van der Waals surface area contributed by atoms with Crippen LogP contribution < -0.4 is 9.64 Å². The van der Waals surface area contributed by atoms with Gasteiger partial charge in [0, 0.05) is 5.56 Å². The van der Waals surface area contributed by atoms with Gasteiger partial charge in [0.25, 0.3) is 5.91 Å². The summed E-state index contributed by atoms with van der Waals surface area (Å²) in [6.07, 6.45) is 1.58. The summed E-state index contributed by atoms with van der Waals surface area (Å²) < 4.78 is 11.0. The van der Waals surface area contributed by atoms with Crippen LogP contribution in [-0.2, 0) is 9.53 Å². The Labute approximate surface area is 221 Å². The van der Waals surface area contributed by atoms with E-state index in [-0.39, 0.29) is 28.8 Å². The molecular formula is C26H25N3O6S2. The maximum Gasteiger partial charge on any atom is 0.350 e. The number of benzene rings is 1. The van der Waals surface area contributed by atoms with Crippen molar-refractivity contribution in [1.82, 2.24) is 9.97 Å². The maximum atomic E-state index is 13.8. The van der Waals surface area contributed by atoms with E-state index in [1.807, 2.05) is 0 Å². The molecule has 0 aliphatic carbocycles. The summed E-state index contributed by atoms with van der Waals surface area (Å²) in [5, 5.41) is 11.9. The Balaban J connectivity index is 1.91. The van der Waals surface area contributed by atoms with Crippen LogP contribution in [0, 0.1) is 20.8 Å². The highest BCUT2D eigenvalue weighted by Crippen LogP contribution is 2.46. The van der Waals surface area contributed by atoms with E-state index in [9.17, 15) is 19.5 Å². The molecule has 0 saturated heterocycles. The van der Waals surface area contributed by atoms with E-state index in [1.165, 1.54) is 16.2 Å². The van der Waals surface area contributed by atoms with Crippen LogP contribution in [0.3, 0.4) is 0 Å². The number of Topliss-reactive ketones (excluding diaryl/α,β-unsaturated/α-hetero) is 1. The molecule has 0 bridgehead atoms. The van der Waals surface area contributed by atoms with Crippen molar-refractivity contribution < 1.29 is 29.0 Å². The molecule has 0 saturated carbocycles. The van der Waals surface area contributed by atoms with Gasteiger partial charge in [-0.15, -0.1) is 11.3 Å². The summed E-state index contributed by atoms with van der Waals surface area (Å²) in [4.78, 5) is 50.3. The Hall–Kier alpha value is -3.83. The molecule has 1 unspecified atom stereocenters. The van der Waals surface area contributed by atoms with Crippen molar-refractivity contribution in [3.05, 3.63) is 80.0 Å². The van der Waals surface area contributed by atoms with Gasteiger partial charge in [0.05, 0.1) is 33.5 Å². The molecule has 3 aromatic rings. The third-order valence-electron chi connectivity index (χ3n) is 5.59. The average molecular weight is 540 g/mol. The Bertz CT molecular complexity index is 1440.